The van der Waals surface area contributed by atoms with Gasteiger partial charge in [0.15, 0.2) is 11.5 Å². The predicted molar refractivity (Wildman–Crippen MR) is 76.5 cm³/mol. The lowest BCUT2D eigenvalue weighted by atomic mass is 10.1. The van der Waals surface area contributed by atoms with Crippen LogP contribution < -0.4 is 9.47 Å². The number of rotatable bonds is 2. The highest BCUT2D eigenvalue weighted by molar-refractivity contribution is 9.09. The van der Waals surface area contributed by atoms with Crippen molar-refractivity contribution in [1.29, 1.82) is 0 Å². The second-order valence-corrected chi connectivity index (χ2v) is 5.57. The van der Waals surface area contributed by atoms with E-state index in [4.69, 9.17) is 25.5 Å². The summed E-state index contributed by atoms with van der Waals surface area (Å²) in [5.41, 5.74) is 0.904. The van der Waals surface area contributed by atoms with Crippen molar-refractivity contribution in [2.45, 2.75) is 11.2 Å². The van der Waals surface area contributed by atoms with Gasteiger partial charge in [-0.15, -0.1) is 0 Å². The summed E-state index contributed by atoms with van der Waals surface area (Å²) in [7, 11) is 0. The Hall–Kier alpha value is -1.13. The molecule has 0 spiro atoms. The van der Waals surface area contributed by atoms with Gasteiger partial charge in [0.2, 0.25) is 0 Å². The van der Waals surface area contributed by atoms with E-state index in [-0.39, 0.29) is 4.83 Å². The Morgan fingerprint density at radius 1 is 1.16 bits per heavy atom. The molecule has 1 atom stereocenters. The van der Waals surface area contributed by atoms with Gasteiger partial charge in [-0.1, -0.05) is 27.5 Å². The van der Waals surface area contributed by atoms with Gasteiger partial charge >= 0.3 is 0 Å². The molecule has 3 rings (SSSR count). The molecule has 0 aliphatic carbocycles. The van der Waals surface area contributed by atoms with Crippen LogP contribution in [0.25, 0.3) is 0 Å². The average molecular weight is 344 g/mol. The van der Waals surface area contributed by atoms with E-state index in [1.807, 2.05) is 18.2 Å². The molecule has 0 N–H and O–H groups in total. The van der Waals surface area contributed by atoms with Gasteiger partial charge in [-0.05, 0) is 23.8 Å². The molecule has 1 aromatic heterocycles. The maximum absolute atomic E-state index is 6.32. The molecule has 1 aromatic carbocycles. The molecular weight excluding hydrogens is 332 g/mol. The molecule has 0 radical (unpaired) electrons. The van der Waals surface area contributed by atoms with Gasteiger partial charge in [0.25, 0.3) is 0 Å². The standard InChI is InChI=1S/C14H12BrClO3/c15-14(11-3-1-4-17-11)9-7-12-13(8-10(9)16)19-6-2-5-18-12/h1,3-4,7-8,14H,2,5-6H2. The van der Waals surface area contributed by atoms with E-state index in [2.05, 4.69) is 15.9 Å². The Morgan fingerprint density at radius 2 is 1.89 bits per heavy atom. The molecule has 2 aromatic rings. The molecule has 0 fully saturated rings. The molecule has 2 heterocycles. The lowest BCUT2D eigenvalue weighted by Crippen LogP contribution is -1.97. The monoisotopic (exact) mass is 342 g/mol. The zero-order chi connectivity index (χ0) is 13.2. The minimum atomic E-state index is -0.104. The van der Waals surface area contributed by atoms with Crippen molar-refractivity contribution in [1.82, 2.24) is 0 Å². The van der Waals surface area contributed by atoms with Crippen LogP contribution in [0.1, 0.15) is 22.6 Å². The number of alkyl halides is 1. The van der Waals surface area contributed by atoms with E-state index in [0.29, 0.717) is 24.0 Å². The molecule has 0 saturated heterocycles. The number of halogens is 2. The summed E-state index contributed by atoms with van der Waals surface area (Å²) in [6.07, 6.45) is 2.51. The van der Waals surface area contributed by atoms with Gasteiger partial charge in [0.1, 0.15) is 5.76 Å². The topological polar surface area (TPSA) is 31.6 Å². The minimum Gasteiger partial charge on any atom is -0.490 e. The first-order chi connectivity index (χ1) is 9.25. The third-order valence-corrected chi connectivity index (χ3v) is 4.20. The number of furan rings is 1. The highest BCUT2D eigenvalue weighted by atomic mass is 79.9. The van der Waals surface area contributed by atoms with E-state index < -0.39 is 0 Å². The van der Waals surface area contributed by atoms with E-state index in [0.717, 1.165) is 23.5 Å². The van der Waals surface area contributed by atoms with Crippen molar-refractivity contribution >= 4 is 27.5 Å². The Labute approximate surface area is 124 Å². The molecule has 1 aliphatic rings. The van der Waals surface area contributed by atoms with Crippen LogP contribution in [0.2, 0.25) is 5.02 Å². The van der Waals surface area contributed by atoms with Gasteiger partial charge in [0, 0.05) is 17.5 Å². The minimum absolute atomic E-state index is 0.104. The second-order valence-electron chi connectivity index (χ2n) is 4.25. The van der Waals surface area contributed by atoms with Crippen LogP contribution in [0.3, 0.4) is 0 Å². The molecule has 3 nitrogen and oxygen atoms in total. The van der Waals surface area contributed by atoms with Crippen molar-refractivity contribution in [3.05, 3.63) is 46.9 Å². The maximum Gasteiger partial charge on any atom is 0.162 e. The van der Waals surface area contributed by atoms with Crippen LogP contribution in [0.15, 0.2) is 34.9 Å². The smallest absolute Gasteiger partial charge is 0.162 e. The fourth-order valence-electron chi connectivity index (χ4n) is 1.98. The van der Waals surface area contributed by atoms with Gasteiger partial charge in [0.05, 0.1) is 24.3 Å². The average Bonchev–Trinajstić information content (AvgIpc) is 2.84. The Bertz CT molecular complexity index is 568. The van der Waals surface area contributed by atoms with Crippen molar-refractivity contribution in [3.63, 3.8) is 0 Å². The molecule has 1 aliphatic heterocycles. The quantitative estimate of drug-likeness (QED) is 0.748. The van der Waals surface area contributed by atoms with Crippen LogP contribution in [-0.4, -0.2) is 13.2 Å². The van der Waals surface area contributed by atoms with Crippen molar-refractivity contribution in [3.8, 4) is 11.5 Å². The van der Waals surface area contributed by atoms with Crippen molar-refractivity contribution < 1.29 is 13.9 Å². The Morgan fingerprint density at radius 3 is 2.58 bits per heavy atom. The first-order valence-electron chi connectivity index (χ1n) is 6.02. The van der Waals surface area contributed by atoms with Gasteiger partial charge in [-0.25, -0.2) is 0 Å². The molecule has 1 unspecified atom stereocenters. The number of hydrogen-bond acceptors (Lipinski definition) is 3. The largest absolute Gasteiger partial charge is 0.490 e. The van der Waals surface area contributed by atoms with Crippen LogP contribution in [0, 0.1) is 0 Å². The van der Waals surface area contributed by atoms with E-state index in [1.54, 1.807) is 12.3 Å². The summed E-state index contributed by atoms with van der Waals surface area (Å²) in [5.74, 6) is 2.23. The summed E-state index contributed by atoms with van der Waals surface area (Å²) >= 11 is 9.92. The van der Waals surface area contributed by atoms with Crippen LogP contribution in [-0.2, 0) is 0 Å². The first-order valence-corrected chi connectivity index (χ1v) is 7.31. The molecule has 0 saturated carbocycles. The molecular formula is C14H12BrClO3. The van der Waals surface area contributed by atoms with Gasteiger partial charge < -0.3 is 13.9 Å². The number of benzene rings is 1. The summed E-state index contributed by atoms with van der Waals surface area (Å²) in [6, 6.07) is 7.46. The summed E-state index contributed by atoms with van der Waals surface area (Å²) in [4.78, 5) is -0.104. The number of fused-ring (bicyclic) bond motifs is 1. The van der Waals surface area contributed by atoms with Crippen LogP contribution >= 0.6 is 27.5 Å². The molecule has 100 valence electrons. The Kier molecular flexibility index (Phi) is 3.71. The third-order valence-electron chi connectivity index (χ3n) is 2.93. The van der Waals surface area contributed by atoms with E-state index in [1.165, 1.54) is 0 Å². The Balaban J connectivity index is 2.00. The summed E-state index contributed by atoms with van der Waals surface area (Å²) < 4.78 is 16.7. The zero-order valence-corrected chi connectivity index (χ0v) is 12.4. The van der Waals surface area contributed by atoms with Crippen molar-refractivity contribution in [2.75, 3.05) is 13.2 Å². The van der Waals surface area contributed by atoms with Gasteiger partial charge in [-0.2, -0.15) is 0 Å². The highest BCUT2D eigenvalue weighted by Crippen LogP contribution is 2.42. The lowest BCUT2D eigenvalue weighted by molar-refractivity contribution is 0.297. The lowest BCUT2D eigenvalue weighted by Gasteiger charge is -2.14. The fraction of sp³-hybridized carbons (Fsp3) is 0.286. The van der Waals surface area contributed by atoms with E-state index in [9.17, 15) is 0 Å². The first kappa shape index (κ1) is 12.9. The maximum atomic E-state index is 6.32. The summed E-state index contributed by atoms with van der Waals surface area (Å²) in [5, 5.41) is 0.627. The van der Waals surface area contributed by atoms with Gasteiger partial charge in [-0.3, -0.25) is 0 Å². The predicted octanol–water partition coefficient (Wildman–Crippen LogP) is 4.58. The normalized spacial score (nSPS) is 15.9. The molecule has 5 heteroatoms. The fourth-order valence-corrected chi connectivity index (χ4v) is 3.02. The molecule has 19 heavy (non-hydrogen) atoms. The summed E-state index contributed by atoms with van der Waals surface area (Å²) in [6.45, 7) is 1.31. The zero-order valence-electron chi connectivity index (χ0n) is 10.1. The second kappa shape index (κ2) is 5.47. The number of ether oxygens (including phenoxy) is 2. The molecule has 0 bridgehead atoms. The molecule has 0 amide bonds. The van der Waals surface area contributed by atoms with E-state index >= 15 is 0 Å². The SMILES string of the molecule is Clc1cc2c(cc1C(Br)c1ccco1)OCCCO2. The van der Waals surface area contributed by atoms with Crippen molar-refractivity contribution in [2.24, 2.45) is 0 Å². The number of hydrogen-bond donors (Lipinski definition) is 0. The van der Waals surface area contributed by atoms with Crippen LogP contribution in [0.5, 0.6) is 11.5 Å². The van der Waals surface area contributed by atoms with Crippen LogP contribution in [0.4, 0.5) is 0 Å². The highest BCUT2D eigenvalue weighted by Gasteiger charge is 2.21. The third kappa shape index (κ3) is 2.60.